The molecule has 8 nitrogen and oxygen atoms in total. The molecule has 0 spiro atoms. The number of carbonyl (C=O) groups is 1. The van der Waals surface area contributed by atoms with Crippen LogP contribution in [0.15, 0.2) is 34.0 Å². The molecule has 3 rings (SSSR count). The zero-order valence-electron chi connectivity index (χ0n) is 15.5. The summed E-state index contributed by atoms with van der Waals surface area (Å²) in [6, 6.07) is 7.90. The lowest BCUT2D eigenvalue weighted by atomic mass is 10.2. The maximum Gasteiger partial charge on any atom is 0.311 e. The van der Waals surface area contributed by atoms with E-state index >= 15 is 0 Å². The number of aromatic nitrogens is 4. The molecule has 0 atom stereocenters. The van der Waals surface area contributed by atoms with Gasteiger partial charge in [-0.25, -0.2) is 4.98 Å². The summed E-state index contributed by atoms with van der Waals surface area (Å²) in [6.45, 7) is 4.17. The van der Waals surface area contributed by atoms with Crippen molar-refractivity contribution in [3.63, 3.8) is 0 Å². The van der Waals surface area contributed by atoms with Gasteiger partial charge in [-0.15, -0.1) is 11.3 Å². The van der Waals surface area contributed by atoms with Crippen LogP contribution in [0.25, 0.3) is 0 Å². The van der Waals surface area contributed by atoms with E-state index in [9.17, 15) is 4.79 Å². The molecular formula is C18H20N6O2S2. The van der Waals surface area contributed by atoms with Gasteiger partial charge >= 0.3 is 5.97 Å². The second kappa shape index (κ2) is 9.47. The van der Waals surface area contributed by atoms with Gasteiger partial charge in [0, 0.05) is 11.1 Å². The maximum atomic E-state index is 11.5. The van der Waals surface area contributed by atoms with E-state index < -0.39 is 0 Å². The summed E-state index contributed by atoms with van der Waals surface area (Å²) in [5.74, 6) is 1.31. The summed E-state index contributed by atoms with van der Waals surface area (Å²) in [5.41, 5.74) is 8.56. The Balaban J connectivity index is 1.61. The van der Waals surface area contributed by atoms with E-state index in [1.54, 1.807) is 6.92 Å². The number of nitrogens with one attached hydrogen (secondary N) is 1. The van der Waals surface area contributed by atoms with E-state index in [1.807, 2.05) is 36.6 Å². The summed E-state index contributed by atoms with van der Waals surface area (Å²) in [4.78, 5) is 28.7. The number of hydrogen-bond donors (Lipinski definition) is 2. The molecule has 0 aliphatic rings. The Morgan fingerprint density at radius 1 is 1.21 bits per heavy atom. The molecule has 0 aliphatic carbocycles. The van der Waals surface area contributed by atoms with Crippen LogP contribution in [0, 0.1) is 6.92 Å². The molecule has 1 aromatic carbocycles. The van der Waals surface area contributed by atoms with Crippen molar-refractivity contribution in [3.8, 4) is 0 Å². The fraction of sp³-hybridized carbons (Fsp3) is 0.278. The number of anilines is 3. The van der Waals surface area contributed by atoms with Crippen molar-refractivity contribution < 1.29 is 9.53 Å². The van der Waals surface area contributed by atoms with E-state index in [2.05, 4.69) is 25.3 Å². The number of ether oxygens (including phenoxy) is 1. The number of nitrogens with zero attached hydrogens (tertiary/aromatic N) is 4. The van der Waals surface area contributed by atoms with E-state index in [4.69, 9.17) is 10.5 Å². The Kier molecular flexibility index (Phi) is 6.77. The van der Waals surface area contributed by atoms with E-state index in [1.165, 1.54) is 28.7 Å². The molecule has 2 aromatic heterocycles. The second-order valence-electron chi connectivity index (χ2n) is 5.80. The normalized spacial score (nSPS) is 10.6. The van der Waals surface area contributed by atoms with Gasteiger partial charge in [-0.2, -0.15) is 15.0 Å². The molecule has 3 N–H and O–H groups in total. The first kappa shape index (κ1) is 20.0. The number of nitrogen functional groups attached to an aromatic ring is 1. The highest BCUT2D eigenvalue weighted by Crippen LogP contribution is 2.26. The van der Waals surface area contributed by atoms with Crippen LogP contribution < -0.4 is 11.1 Å². The lowest BCUT2D eigenvalue weighted by molar-refractivity contribution is -0.142. The van der Waals surface area contributed by atoms with Gasteiger partial charge in [0.05, 0.1) is 24.5 Å². The third-order valence-electron chi connectivity index (χ3n) is 3.49. The number of esters is 1. The molecule has 0 amide bonds. The van der Waals surface area contributed by atoms with Crippen LogP contribution in [0.4, 0.5) is 17.6 Å². The van der Waals surface area contributed by atoms with Gasteiger partial charge < -0.3 is 15.8 Å². The molecule has 0 unspecified atom stereocenters. The van der Waals surface area contributed by atoms with E-state index in [0.717, 1.165) is 10.0 Å². The molecule has 0 aliphatic heterocycles. The Morgan fingerprint density at radius 3 is 2.75 bits per heavy atom. The number of benzene rings is 1. The SMILES string of the molecule is CCOC(=O)Cc1csc(SCc2nc(N)nc(Nc3ccc(C)cc3)n2)n1. The second-order valence-corrected chi connectivity index (χ2v) is 7.88. The first-order valence-corrected chi connectivity index (χ1v) is 10.5. The monoisotopic (exact) mass is 416 g/mol. The minimum atomic E-state index is -0.276. The lowest BCUT2D eigenvalue weighted by Crippen LogP contribution is -2.07. The highest BCUT2D eigenvalue weighted by atomic mass is 32.2. The molecular weight excluding hydrogens is 396 g/mol. The Hall–Kier alpha value is -2.72. The fourth-order valence-corrected chi connectivity index (χ4v) is 3.95. The Labute approximate surface area is 171 Å². The summed E-state index contributed by atoms with van der Waals surface area (Å²) in [5, 5.41) is 4.98. The molecule has 0 saturated heterocycles. The minimum absolute atomic E-state index is 0.155. The lowest BCUT2D eigenvalue weighted by Gasteiger charge is -2.07. The van der Waals surface area contributed by atoms with Crippen LogP contribution in [0.5, 0.6) is 0 Å². The van der Waals surface area contributed by atoms with Crippen molar-refractivity contribution in [2.24, 2.45) is 0 Å². The van der Waals surface area contributed by atoms with E-state index in [-0.39, 0.29) is 18.3 Å². The number of rotatable bonds is 8. The number of carbonyl (C=O) groups excluding carboxylic acids is 1. The maximum absolute atomic E-state index is 11.5. The Bertz CT molecular complexity index is 946. The molecule has 0 bridgehead atoms. The smallest absolute Gasteiger partial charge is 0.311 e. The first-order valence-electron chi connectivity index (χ1n) is 8.58. The Morgan fingerprint density at radius 2 is 2.00 bits per heavy atom. The number of thioether (sulfide) groups is 1. The first-order chi connectivity index (χ1) is 13.5. The summed E-state index contributed by atoms with van der Waals surface area (Å²) in [6.07, 6.45) is 0.175. The van der Waals surface area contributed by atoms with Gasteiger partial charge in [0.2, 0.25) is 11.9 Å². The molecule has 28 heavy (non-hydrogen) atoms. The third-order valence-corrected chi connectivity index (χ3v) is 5.56. The van der Waals surface area contributed by atoms with Crippen molar-refractivity contribution in [3.05, 3.63) is 46.7 Å². The summed E-state index contributed by atoms with van der Waals surface area (Å²) < 4.78 is 5.76. The van der Waals surface area contributed by atoms with Crippen molar-refractivity contribution in [2.75, 3.05) is 17.7 Å². The number of thiazole rings is 1. The van der Waals surface area contributed by atoms with Gasteiger partial charge in [0.15, 0.2) is 4.34 Å². The molecule has 146 valence electrons. The van der Waals surface area contributed by atoms with Gasteiger partial charge in [0.25, 0.3) is 0 Å². The quantitative estimate of drug-likeness (QED) is 0.421. The van der Waals surface area contributed by atoms with Crippen molar-refractivity contribution >= 4 is 46.7 Å². The predicted octanol–water partition coefficient (Wildman–Crippen LogP) is 3.36. The zero-order valence-corrected chi connectivity index (χ0v) is 17.1. The highest BCUT2D eigenvalue weighted by molar-refractivity contribution is 8.00. The van der Waals surface area contributed by atoms with Gasteiger partial charge in [0.1, 0.15) is 5.82 Å². The number of aryl methyl sites for hydroxylation is 1. The number of hydrogen-bond acceptors (Lipinski definition) is 10. The van der Waals surface area contributed by atoms with Crippen LogP contribution in [-0.2, 0) is 21.7 Å². The zero-order chi connectivity index (χ0) is 19.9. The van der Waals surface area contributed by atoms with E-state index in [0.29, 0.717) is 29.8 Å². The molecule has 0 fully saturated rings. The van der Waals surface area contributed by atoms with Gasteiger partial charge in [-0.05, 0) is 26.0 Å². The highest BCUT2D eigenvalue weighted by Gasteiger charge is 2.11. The minimum Gasteiger partial charge on any atom is -0.466 e. The molecule has 3 aromatic rings. The van der Waals surface area contributed by atoms with Gasteiger partial charge in [-0.3, -0.25) is 4.79 Å². The number of nitrogens with two attached hydrogens (primary N) is 1. The standard InChI is InChI=1S/C18H20N6O2S2/c1-3-26-15(25)8-13-9-27-18(21-13)28-10-14-22-16(19)24-17(23-14)20-12-6-4-11(2)5-7-12/h4-7,9H,3,8,10H2,1-2H3,(H3,19,20,22,23,24). The molecule has 0 radical (unpaired) electrons. The predicted molar refractivity (Wildman–Crippen MR) is 111 cm³/mol. The van der Waals surface area contributed by atoms with Crippen molar-refractivity contribution in [1.29, 1.82) is 0 Å². The van der Waals surface area contributed by atoms with Crippen LogP contribution in [0.2, 0.25) is 0 Å². The molecule has 0 saturated carbocycles. The molecule has 2 heterocycles. The van der Waals surface area contributed by atoms with Crippen molar-refractivity contribution in [2.45, 2.75) is 30.4 Å². The van der Waals surface area contributed by atoms with Gasteiger partial charge in [-0.1, -0.05) is 29.5 Å². The third kappa shape index (κ3) is 5.89. The average molecular weight is 417 g/mol. The van der Waals surface area contributed by atoms with Crippen molar-refractivity contribution in [1.82, 2.24) is 19.9 Å². The molecule has 10 heteroatoms. The van der Waals surface area contributed by atoms with Crippen LogP contribution >= 0.6 is 23.1 Å². The van der Waals surface area contributed by atoms with Crippen LogP contribution in [-0.4, -0.2) is 32.5 Å². The topological polar surface area (TPSA) is 116 Å². The fourth-order valence-electron chi connectivity index (χ4n) is 2.25. The summed E-state index contributed by atoms with van der Waals surface area (Å²) in [7, 11) is 0. The van der Waals surface area contributed by atoms with Crippen LogP contribution in [0.1, 0.15) is 24.0 Å². The average Bonchev–Trinajstić information content (AvgIpc) is 3.09. The summed E-state index contributed by atoms with van der Waals surface area (Å²) >= 11 is 2.95. The largest absolute Gasteiger partial charge is 0.466 e. The van der Waals surface area contributed by atoms with Crippen LogP contribution in [0.3, 0.4) is 0 Å².